The first-order valence-corrected chi connectivity index (χ1v) is 6.11. The Labute approximate surface area is 111 Å². The number of aliphatic carboxylic acids is 1. The van der Waals surface area contributed by atoms with Crippen LogP contribution >= 0.6 is 0 Å². The zero-order chi connectivity index (χ0) is 14.4. The van der Waals surface area contributed by atoms with Crippen LogP contribution < -0.4 is 5.32 Å². The van der Waals surface area contributed by atoms with E-state index in [9.17, 15) is 14.9 Å². The second-order valence-electron chi connectivity index (χ2n) is 4.85. The van der Waals surface area contributed by atoms with E-state index in [4.69, 9.17) is 5.11 Å². The fourth-order valence-electron chi connectivity index (χ4n) is 1.78. The summed E-state index contributed by atoms with van der Waals surface area (Å²) in [6.45, 7) is 4.26. The normalized spacial score (nSPS) is 12.2. The summed E-state index contributed by atoms with van der Waals surface area (Å²) in [5.41, 5.74) is 0.697. The molecule has 0 amide bonds. The van der Waals surface area contributed by atoms with Crippen LogP contribution in [0.4, 0.5) is 11.4 Å². The molecule has 1 aromatic carbocycles. The van der Waals surface area contributed by atoms with Gasteiger partial charge < -0.3 is 10.4 Å². The molecule has 0 fully saturated rings. The number of nitrogens with one attached hydrogen (secondary N) is 1. The van der Waals surface area contributed by atoms with E-state index in [0.717, 1.165) is 0 Å². The predicted molar refractivity (Wildman–Crippen MR) is 72.2 cm³/mol. The third-order valence-corrected chi connectivity index (χ3v) is 2.74. The molecule has 6 nitrogen and oxygen atoms in total. The molecule has 1 rings (SSSR count). The van der Waals surface area contributed by atoms with E-state index < -0.39 is 16.8 Å². The number of carboxylic acid groups (broad SMARTS) is 1. The number of carbonyl (C=O) groups is 1. The summed E-state index contributed by atoms with van der Waals surface area (Å²) in [4.78, 5) is 21.1. The lowest BCUT2D eigenvalue weighted by atomic mass is 9.97. The summed E-state index contributed by atoms with van der Waals surface area (Å²) in [6, 6.07) is 5.93. The highest BCUT2D eigenvalue weighted by molar-refractivity contribution is 5.70. The molecular formula is C13H18N2O4. The number of nitro groups is 1. The van der Waals surface area contributed by atoms with Crippen molar-refractivity contribution in [2.45, 2.75) is 20.3 Å². The summed E-state index contributed by atoms with van der Waals surface area (Å²) in [7, 11) is 0. The Hall–Kier alpha value is -2.11. The van der Waals surface area contributed by atoms with Crippen molar-refractivity contribution in [3.8, 4) is 0 Å². The standard InChI is InChI=1S/C13H18N2O4/c1-9(2)7-10(13(16)17)8-14-11-3-5-12(6-4-11)15(18)19/h3-6,9-10,14H,7-8H2,1-2H3,(H,16,17). The van der Waals surface area contributed by atoms with Crippen molar-refractivity contribution >= 4 is 17.3 Å². The van der Waals surface area contributed by atoms with Crippen molar-refractivity contribution in [1.29, 1.82) is 0 Å². The lowest BCUT2D eigenvalue weighted by Gasteiger charge is -2.16. The van der Waals surface area contributed by atoms with Gasteiger partial charge in [0.15, 0.2) is 0 Å². The Morgan fingerprint density at radius 3 is 2.37 bits per heavy atom. The molecule has 0 radical (unpaired) electrons. The topological polar surface area (TPSA) is 92.5 Å². The zero-order valence-corrected chi connectivity index (χ0v) is 11.0. The van der Waals surface area contributed by atoms with Gasteiger partial charge in [0.2, 0.25) is 0 Å². The van der Waals surface area contributed by atoms with Gasteiger partial charge in [-0.2, -0.15) is 0 Å². The van der Waals surface area contributed by atoms with Crippen LogP contribution in [0.5, 0.6) is 0 Å². The molecule has 0 aliphatic carbocycles. The van der Waals surface area contributed by atoms with E-state index in [1.807, 2.05) is 13.8 Å². The van der Waals surface area contributed by atoms with Gasteiger partial charge in [0.05, 0.1) is 10.8 Å². The lowest BCUT2D eigenvalue weighted by molar-refractivity contribution is -0.384. The largest absolute Gasteiger partial charge is 0.481 e. The first kappa shape index (κ1) is 14.9. The van der Waals surface area contributed by atoms with Gasteiger partial charge in [-0.05, 0) is 24.5 Å². The molecule has 0 saturated heterocycles. The van der Waals surface area contributed by atoms with Crippen molar-refractivity contribution in [2.75, 3.05) is 11.9 Å². The van der Waals surface area contributed by atoms with E-state index in [2.05, 4.69) is 5.32 Å². The Morgan fingerprint density at radius 2 is 1.95 bits per heavy atom. The molecular weight excluding hydrogens is 248 g/mol. The molecule has 0 aromatic heterocycles. The zero-order valence-electron chi connectivity index (χ0n) is 11.0. The van der Waals surface area contributed by atoms with Crippen LogP contribution in [0.15, 0.2) is 24.3 Å². The lowest BCUT2D eigenvalue weighted by Crippen LogP contribution is -2.24. The van der Waals surface area contributed by atoms with Gasteiger partial charge in [0, 0.05) is 24.4 Å². The number of anilines is 1. The Morgan fingerprint density at radius 1 is 1.37 bits per heavy atom. The maximum Gasteiger partial charge on any atom is 0.308 e. The second kappa shape index (κ2) is 6.72. The molecule has 0 aliphatic heterocycles. The molecule has 104 valence electrons. The van der Waals surface area contributed by atoms with Crippen LogP contribution in [0, 0.1) is 22.0 Å². The summed E-state index contributed by atoms with van der Waals surface area (Å²) in [5.74, 6) is -0.988. The van der Waals surface area contributed by atoms with E-state index in [1.165, 1.54) is 12.1 Å². The number of benzene rings is 1. The van der Waals surface area contributed by atoms with Crippen molar-refractivity contribution in [3.05, 3.63) is 34.4 Å². The molecule has 1 atom stereocenters. The van der Waals surface area contributed by atoms with Crippen molar-refractivity contribution in [3.63, 3.8) is 0 Å². The molecule has 0 saturated carbocycles. The first-order valence-electron chi connectivity index (χ1n) is 6.11. The van der Waals surface area contributed by atoms with Gasteiger partial charge >= 0.3 is 5.97 Å². The van der Waals surface area contributed by atoms with Gasteiger partial charge in [0.25, 0.3) is 5.69 Å². The molecule has 0 spiro atoms. The SMILES string of the molecule is CC(C)CC(CNc1ccc([N+](=O)[O-])cc1)C(=O)O. The highest BCUT2D eigenvalue weighted by atomic mass is 16.6. The molecule has 19 heavy (non-hydrogen) atoms. The summed E-state index contributed by atoms with van der Waals surface area (Å²) in [5, 5.41) is 22.6. The molecule has 0 bridgehead atoms. The minimum absolute atomic E-state index is 0.0162. The molecule has 0 heterocycles. The summed E-state index contributed by atoms with van der Waals surface area (Å²) in [6.07, 6.45) is 0.593. The number of hydrogen-bond acceptors (Lipinski definition) is 4. The van der Waals surface area contributed by atoms with Gasteiger partial charge in [-0.15, -0.1) is 0 Å². The quantitative estimate of drug-likeness (QED) is 0.584. The maximum atomic E-state index is 11.1. The number of carboxylic acids is 1. The van der Waals surface area contributed by atoms with Crippen LogP contribution in [0.25, 0.3) is 0 Å². The average molecular weight is 266 g/mol. The monoisotopic (exact) mass is 266 g/mol. The highest BCUT2D eigenvalue weighted by Crippen LogP contribution is 2.17. The number of rotatable bonds is 7. The van der Waals surface area contributed by atoms with Crippen molar-refractivity contribution < 1.29 is 14.8 Å². The molecule has 0 aliphatic rings. The fraction of sp³-hybridized carbons (Fsp3) is 0.462. The third kappa shape index (κ3) is 4.95. The third-order valence-electron chi connectivity index (χ3n) is 2.74. The molecule has 1 aromatic rings. The first-order chi connectivity index (χ1) is 8.90. The summed E-state index contributed by atoms with van der Waals surface area (Å²) >= 11 is 0. The van der Waals surface area contributed by atoms with Gasteiger partial charge in [-0.25, -0.2) is 0 Å². The van der Waals surface area contributed by atoms with E-state index in [1.54, 1.807) is 12.1 Å². The van der Waals surface area contributed by atoms with Gasteiger partial charge in [-0.3, -0.25) is 14.9 Å². The van der Waals surface area contributed by atoms with E-state index in [-0.39, 0.29) is 5.69 Å². The smallest absolute Gasteiger partial charge is 0.308 e. The van der Waals surface area contributed by atoms with Crippen LogP contribution in [-0.4, -0.2) is 22.5 Å². The number of nitrogens with zero attached hydrogens (tertiary/aromatic N) is 1. The number of hydrogen-bond donors (Lipinski definition) is 2. The van der Waals surface area contributed by atoms with Crippen LogP contribution in [0.1, 0.15) is 20.3 Å². The Balaban J connectivity index is 2.59. The Kier molecular flexibility index (Phi) is 5.29. The molecule has 2 N–H and O–H groups in total. The van der Waals surface area contributed by atoms with Crippen LogP contribution in [0.3, 0.4) is 0 Å². The minimum atomic E-state index is -0.830. The van der Waals surface area contributed by atoms with E-state index in [0.29, 0.717) is 24.6 Å². The minimum Gasteiger partial charge on any atom is -0.481 e. The van der Waals surface area contributed by atoms with Crippen molar-refractivity contribution in [2.24, 2.45) is 11.8 Å². The number of non-ortho nitro benzene ring substituents is 1. The Bertz CT molecular complexity index is 442. The molecule has 1 unspecified atom stereocenters. The van der Waals surface area contributed by atoms with Gasteiger partial charge in [0.1, 0.15) is 0 Å². The van der Waals surface area contributed by atoms with Gasteiger partial charge in [-0.1, -0.05) is 13.8 Å². The van der Waals surface area contributed by atoms with Crippen molar-refractivity contribution in [1.82, 2.24) is 0 Å². The predicted octanol–water partition coefficient (Wildman–Crippen LogP) is 2.75. The van der Waals surface area contributed by atoms with E-state index >= 15 is 0 Å². The van der Waals surface area contributed by atoms with Crippen LogP contribution in [0.2, 0.25) is 0 Å². The summed E-state index contributed by atoms with van der Waals surface area (Å²) < 4.78 is 0. The average Bonchev–Trinajstić information content (AvgIpc) is 2.34. The second-order valence-corrected chi connectivity index (χ2v) is 4.85. The fourth-order valence-corrected chi connectivity index (χ4v) is 1.78. The van der Waals surface area contributed by atoms with Crippen LogP contribution in [-0.2, 0) is 4.79 Å². The maximum absolute atomic E-state index is 11.1. The number of nitro benzene ring substituents is 1. The molecule has 6 heteroatoms. The highest BCUT2D eigenvalue weighted by Gasteiger charge is 2.18.